The molecule has 5 nitrogen and oxygen atoms in total. The van der Waals surface area contributed by atoms with Gasteiger partial charge in [-0.3, -0.25) is 9.69 Å². The van der Waals surface area contributed by atoms with E-state index >= 15 is 0 Å². The van der Waals surface area contributed by atoms with Crippen LogP contribution in [-0.2, 0) is 18.9 Å². The fourth-order valence-electron chi connectivity index (χ4n) is 4.03. The zero-order chi connectivity index (χ0) is 26.8. The molecule has 0 spiro atoms. The van der Waals surface area contributed by atoms with Crippen molar-refractivity contribution in [2.75, 3.05) is 23.3 Å². The Hall–Kier alpha value is -4.02. The van der Waals surface area contributed by atoms with Crippen molar-refractivity contribution >= 4 is 23.3 Å². The van der Waals surface area contributed by atoms with Crippen LogP contribution >= 0.6 is 0 Å². The van der Waals surface area contributed by atoms with Gasteiger partial charge in [0.15, 0.2) is 0 Å². The highest BCUT2D eigenvalue weighted by atomic mass is 19.4. The lowest BCUT2D eigenvalue weighted by atomic mass is 10.1. The Morgan fingerprint density at radius 3 is 2.16 bits per heavy atom. The second-order valence-electron chi connectivity index (χ2n) is 8.49. The van der Waals surface area contributed by atoms with E-state index in [2.05, 4.69) is 5.32 Å². The summed E-state index contributed by atoms with van der Waals surface area (Å²) in [5, 5.41) is 2.54. The van der Waals surface area contributed by atoms with E-state index in [0.717, 1.165) is 30.3 Å². The molecule has 1 saturated heterocycles. The summed E-state index contributed by atoms with van der Waals surface area (Å²) < 4.78 is 78.1. The van der Waals surface area contributed by atoms with Gasteiger partial charge in [0.25, 0.3) is 5.91 Å². The molecule has 0 saturated carbocycles. The zero-order valence-corrected chi connectivity index (χ0v) is 19.2. The summed E-state index contributed by atoms with van der Waals surface area (Å²) in [5.74, 6) is -0.751. The van der Waals surface area contributed by atoms with Crippen LogP contribution in [0.15, 0.2) is 72.8 Å². The molecule has 4 rings (SSSR count). The van der Waals surface area contributed by atoms with E-state index in [1.807, 2.05) is 0 Å². The molecule has 0 aliphatic carbocycles. The number of nitrogens with one attached hydrogen (secondary N) is 1. The number of nitrogens with zero attached hydrogens (tertiary/aromatic N) is 2. The summed E-state index contributed by atoms with van der Waals surface area (Å²) in [4.78, 5) is 28.6. The lowest BCUT2D eigenvalue weighted by molar-refractivity contribution is -0.138. The van der Waals surface area contributed by atoms with Crippen LogP contribution < -0.4 is 10.2 Å². The first kappa shape index (κ1) is 26.1. The van der Waals surface area contributed by atoms with Gasteiger partial charge >= 0.3 is 18.4 Å². The molecule has 3 aromatic carbocycles. The number of alkyl halides is 6. The smallest absolute Gasteiger partial charge is 0.322 e. The lowest BCUT2D eigenvalue weighted by Crippen LogP contribution is -2.49. The molecule has 3 aromatic rings. The van der Waals surface area contributed by atoms with Crippen LogP contribution in [0.5, 0.6) is 0 Å². The van der Waals surface area contributed by atoms with Gasteiger partial charge in [-0.1, -0.05) is 24.3 Å². The van der Waals surface area contributed by atoms with Crippen molar-refractivity contribution in [1.29, 1.82) is 0 Å². The third-order valence-electron chi connectivity index (χ3n) is 5.81. The number of carbonyl (C=O) groups is 2. The fourth-order valence-corrected chi connectivity index (χ4v) is 4.03. The maximum absolute atomic E-state index is 13.1. The minimum Gasteiger partial charge on any atom is -0.322 e. The predicted molar refractivity (Wildman–Crippen MR) is 125 cm³/mol. The third-order valence-corrected chi connectivity index (χ3v) is 5.81. The predicted octanol–water partition coefficient (Wildman–Crippen LogP) is 6.81. The fraction of sp³-hybridized carbons (Fsp3) is 0.231. The number of hydrogen-bond donors (Lipinski definition) is 1. The van der Waals surface area contributed by atoms with E-state index in [9.17, 15) is 35.9 Å². The highest BCUT2D eigenvalue weighted by molar-refractivity contribution is 6.05. The van der Waals surface area contributed by atoms with Crippen molar-refractivity contribution < 1.29 is 35.9 Å². The number of rotatable bonds is 5. The molecule has 0 unspecified atom stereocenters. The summed E-state index contributed by atoms with van der Waals surface area (Å²) in [5.41, 5.74) is -0.888. The topological polar surface area (TPSA) is 52.7 Å². The summed E-state index contributed by atoms with van der Waals surface area (Å²) >= 11 is 0. The lowest BCUT2D eigenvalue weighted by Gasteiger charge is -2.36. The van der Waals surface area contributed by atoms with Crippen molar-refractivity contribution in [2.24, 2.45) is 0 Å². The summed E-state index contributed by atoms with van der Waals surface area (Å²) in [7, 11) is 0. The molecule has 37 heavy (non-hydrogen) atoms. The Morgan fingerprint density at radius 2 is 1.46 bits per heavy atom. The van der Waals surface area contributed by atoms with Gasteiger partial charge in [-0.05, 0) is 60.5 Å². The molecule has 0 atom stereocenters. The summed E-state index contributed by atoms with van der Waals surface area (Å²) in [6.45, 7) is 0.700. The van der Waals surface area contributed by atoms with Crippen LogP contribution in [0.4, 0.5) is 42.5 Å². The number of urea groups is 1. The molecule has 11 heteroatoms. The molecular formula is C26H21F6N3O2. The van der Waals surface area contributed by atoms with Gasteiger partial charge in [-0.15, -0.1) is 0 Å². The molecule has 3 amide bonds. The average molecular weight is 521 g/mol. The monoisotopic (exact) mass is 521 g/mol. The van der Waals surface area contributed by atoms with Crippen molar-refractivity contribution in [2.45, 2.75) is 25.3 Å². The number of anilines is 2. The first-order valence-electron chi connectivity index (χ1n) is 11.2. The number of carbonyl (C=O) groups excluding carboxylic acids is 2. The third kappa shape index (κ3) is 6.22. The molecule has 0 aromatic heterocycles. The van der Waals surface area contributed by atoms with Gasteiger partial charge in [0, 0.05) is 36.6 Å². The van der Waals surface area contributed by atoms with Gasteiger partial charge < -0.3 is 10.2 Å². The maximum atomic E-state index is 13.1. The Morgan fingerprint density at radius 1 is 0.811 bits per heavy atom. The zero-order valence-electron chi connectivity index (χ0n) is 19.2. The van der Waals surface area contributed by atoms with E-state index < -0.39 is 35.4 Å². The normalized spacial score (nSPS) is 14.6. The standard InChI is InChI=1S/C26H21F6N3O2/c27-25(28,29)19-7-1-5-17(13-19)16-34-11-4-12-35(24(34)37)22-10-3-9-21(15-22)33-23(36)18-6-2-8-20(14-18)26(30,31)32/h1-3,5-10,13-15H,4,11-12,16H2,(H,33,36). The number of amides is 3. The van der Waals surface area contributed by atoms with Gasteiger partial charge in [0.05, 0.1) is 11.1 Å². The highest BCUT2D eigenvalue weighted by Gasteiger charge is 2.32. The molecule has 0 radical (unpaired) electrons. The molecule has 1 aliphatic rings. The largest absolute Gasteiger partial charge is 0.416 e. The van der Waals surface area contributed by atoms with Crippen molar-refractivity contribution in [1.82, 2.24) is 4.90 Å². The first-order chi connectivity index (χ1) is 17.4. The highest BCUT2D eigenvalue weighted by Crippen LogP contribution is 2.31. The average Bonchev–Trinajstić information content (AvgIpc) is 2.85. The Bertz CT molecular complexity index is 1310. The Labute approximate surface area is 208 Å². The molecule has 1 heterocycles. The van der Waals surface area contributed by atoms with Crippen molar-refractivity contribution in [3.63, 3.8) is 0 Å². The summed E-state index contributed by atoms with van der Waals surface area (Å²) in [6, 6.07) is 14.6. The van der Waals surface area contributed by atoms with E-state index in [1.54, 1.807) is 12.1 Å². The van der Waals surface area contributed by atoms with E-state index in [0.29, 0.717) is 30.8 Å². The summed E-state index contributed by atoms with van der Waals surface area (Å²) in [6.07, 6.45) is -8.52. The van der Waals surface area contributed by atoms with Gasteiger partial charge in [0.2, 0.25) is 0 Å². The van der Waals surface area contributed by atoms with E-state index in [4.69, 9.17) is 0 Å². The Kier molecular flexibility index (Phi) is 7.15. The van der Waals surface area contributed by atoms with Crippen molar-refractivity contribution in [3.8, 4) is 0 Å². The van der Waals surface area contributed by atoms with Crippen molar-refractivity contribution in [3.05, 3.63) is 95.1 Å². The van der Waals surface area contributed by atoms with Gasteiger partial charge in [0.1, 0.15) is 0 Å². The number of benzene rings is 3. The number of hydrogen-bond acceptors (Lipinski definition) is 2. The number of halogens is 6. The van der Waals surface area contributed by atoms with E-state index in [1.165, 1.54) is 40.1 Å². The first-order valence-corrected chi connectivity index (χ1v) is 11.2. The van der Waals surface area contributed by atoms with Crippen LogP contribution in [0, 0.1) is 0 Å². The quantitative estimate of drug-likeness (QED) is 0.375. The molecule has 194 valence electrons. The molecular weight excluding hydrogens is 500 g/mol. The van der Waals surface area contributed by atoms with Gasteiger partial charge in [-0.2, -0.15) is 26.3 Å². The van der Waals surface area contributed by atoms with Crippen LogP contribution in [0.1, 0.15) is 33.5 Å². The minimum absolute atomic E-state index is 0.00870. The minimum atomic E-state index is -4.59. The molecule has 1 N–H and O–H groups in total. The molecule has 1 aliphatic heterocycles. The molecule has 0 bridgehead atoms. The van der Waals surface area contributed by atoms with Crippen LogP contribution in [-0.4, -0.2) is 29.9 Å². The maximum Gasteiger partial charge on any atom is 0.416 e. The second-order valence-corrected chi connectivity index (χ2v) is 8.49. The van der Waals surface area contributed by atoms with Crippen LogP contribution in [0.25, 0.3) is 0 Å². The SMILES string of the molecule is O=C(Nc1cccc(N2CCCN(Cc3cccc(C(F)(F)F)c3)C2=O)c1)c1cccc(C(F)(F)F)c1. The van der Waals surface area contributed by atoms with Crippen LogP contribution in [0.3, 0.4) is 0 Å². The molecule has 1 fully saturated rings. The van der Waals surface area contributed by atoms with Crippen LogP contribution in [0.2, 0.25) is 0 Å². The van der Waals surface area contributed by atoms with E-state index in [-0.39, 0.29) is 17.8 Å². The Balaban J connectivity index is 1.48. The second kappa shape index (κ2) is 10.2. The van der Waals surface area contributed by atoms with Gasteiger partial charge in [-0.25, -0.2) is 4.79 Å².